The zero-order valence-corrected chi connectivity index (χ0v) is 17.2. The van der Waals surface area contributed by atoms with Gasteiger partial charge in [0.15, 0.2) is 0 Å². The number of carbonyl (C=O) groups is 1. The molecule has 0 amide bonds. The van der Waals surface area contributed by atoms with Crippen LogP contribution in [-0.4, -0.2) is 35.2 Å². The molecule has 0 aromatic carbocycles. The van der Waals surface area contributed by atoms with Gasteiger partial charge in [-0.3, -0.25) is 4.79 Å². The first kappa shape index (κ1) is 18.9. The Bertz CT molecular complexity index is 909. The van der Waals surface area contributed by atoms with Crippen LogP contribution in [-0.2, 0) is 10.3 Å². The molecule has 140 valence electrons. The molecular formula is C19H24BrN3O3. The van der Waals surface area contributed by atoms with Crippen molar-refractivity contribution in [3.05, 3.63) is 32.5 Å². The summed E-state index contributed by atoms with van der Waals surface area (Å²) in [5.74, 6) is 0.244. The Kier molecular flexibility index (Phi) is 5.10. The smallest absolute Gasteiger partial charge is 0.343 e. The number of pyridine rings is 2. The molecule has 0 N–H and O–H groups in total. The van der Waals surface area contributed by atoms with E-state index in [9.17, 15) is 9.59 Å². The molecule has 1 fully saturated rings. The van der Waals surface area contributed by atoms with Gasteiger partial charge >= 0.3 is 5.97 Å². The van der Waals surface area contributed by atoms with Crippen molar-refractivity contribution in [2.24, 2.45) is 0 Å². The monoisotopic (exact) mass is 421 g/mol. The predicted octanol–water partition coefficient (Wildman–Crippen LogP) is 3.69. The zero-order chi connectivity index (χ0) is 19.1. The second-order valence-electron chi connectivity index (χ2n) is 7.49. The van der Waals surface area contributed by atoms with E-state index in [4.69, 9.17) is 9.72 Å². The maximum atomic E-state index is 12.9. The maximum Gasteiger partial charge on any atom is 0.343 e. The van der Waals surface area contributed by atoms with Crippen molar-refractivity contribution in [3.8, 4) is 0 Å². The summed E-state index contributed by atoms with van der Waals surface area (Å²) in [6, 6.07) is 1.78. The molecule has 3 rings (SSSR count). The summed E-state index contributed by atoms with van der Waals surface area (Å²) in [5, 5.41) is 0.417. The lowest BCUT2D eigenvalue weighted by Gasteiger charge is -2.27. The summed E-state index contributed by atoms with van der Waals surface area (Å²) in [5.41, 5.74) is -0.0753. The van der Waals surface area contributed by atoms with Crippen LogP contribution in [0.4, 0.5) is 5.82 Å². The highest BCUT2D eigenvalue weighted by Gasteiger charge is 2.25. The minimum atomic E-state index is -0.600. The van der Waals surface area contributed by atoms with E-state index in [0.717, 1.165) is 36.2 Å². The van der Waals surface area contributed by atoms with Gasteiger partial charge in [0, 0.05) is 24.8 Å². The molecular weight excluding hydrogens is 398 g/mol. The number of carbonyl (C=O) groups excluding carboxylic acids is 1. The molecule has 26 heavy (non-hydrogen) atoms. The summed E-state index contributed by atoms with van der Waals surface area (Å²) in [4.78, 5) is 32.2. The number of halogens is 1. The van der Waals surface area contributed by atoms with E-state index in [1.165, 1.54) is 0 Å². The highest BCUT2D eigenvalue weighted by Crippen LogP contribution is 2.31. The van der Waals surface area contributed by atoms with Crippen molar-refractivity contribution in [1.82, 2.24) is 9.55 Å². The van der Waals surface area contributed by atoms with E-state index >= 15 is 0 Å². The first-order valence-corrected chi connectivity index (χ1v) is 9.71. The number of esters is 1. The third kappa shape index (κ3) is 3.37. The fraction of sp³-hybridized carbons (Fsp3) is 0.526. The lowest BCUT2D eigenvalue weighted by molar-refractivity contribution is 0.0524. The number of ether oxygens (including phenoxy) is 1. The van der Waals surface area contributed by atoms with E-state index in [2.05, 4.69) is 20.8 Å². The third-order valence-electron chi connectivity index (χ3n) is 4.54. The number of aromatic nitrogens is 2. The molecule has 1 saturated heterocycles. The average Bonchev–Trinajstić information content (AvgIpc) is 3.08. The van der Waals surface area contributed by atoms with Gasteiger partial charge in [-0.2, -0.15) is 0 Å². The Morgan fingerprint density at radius 1 is 1.31 bits per heavy atom. The van der Waals surface area contributed by atoms with Crippen molar-refractivity contribution in [1.29, 1.82) is 0 Å². The lowest BCUT2D eigenvalue weighted by Crippen LogP contribution is -2.29. The predicted molar refractivity (Wildman–Crippen MR) is 106 cm³/mol. The molecule has 0 spiro atoms. The molecule has 0 saturated carbocycles. The van der Waals surface area contributed by atoms with Gasteiger partial charge in [0.25, 0.3) is 0 Å². The summed E-state index contributed by atoms with van der Waals surface area (Å²) >= 11 is 3.56. The van der Waals surface area contributed by atoms with Crippen LogP contribution in [0.5, 0.6) is 0 Å². The van der Waals surface area contributed by atoms with E-state index in [-0.39, 0.29) is 23.1 Å². The van der Waals surface area contributed by atoms with Crippen LogP contribution in [0.1, 0.15) is 50.9 Å². The quantitative estimate of drug-likeness (QED) is 0.706. The van der Waals surface area contributed by atoms with Gasteiger partial charge in [-0.25, -0.2) is 9.78 Å². The molecule has 0 radical (unpaired) electrons. The van der Waals surface area contributed by atoms with Crippen LogP contribution >= 0.6 is 15.9 Å². The van der Waals surface area contributed by atoms with Gasteiger partial charge in [0.05, 0.1) is 16.5 Å². The van der Waals surface area contributed by atoms with Gasteiger partial charge in [-0.1, -0.05) is 0 Å². The van der Waals surface area contributed by atoms with Gasteiger partial charge in [-0.05, 0) is 62.5 Å². The maximum absolute atomic E-state index is 12.9. The van der Waals surface area contributed by atoms with E-state index in [1.807, 2.05) is 25.3 Å². The van der Waals surface area contributed by atoms with Gasteiger partial charge in [0.1, 0.15) is 17.0 Å². The van der Waals surface area contributed by atoms with Crippen LogP contribution in [0.15, 0.2) is 21.5 Å². The van der Waals surface area contributed by atoms with Crippen molar-refractivity contribution >= 4 is 38.8 Å². The minimum absolute atomic E-state index is 0.0388. The fourth-order valence-corrected chi connectivity index (χ4v) is 3.80. The highest BCUT2D eigenvalue weighted by atomic mass is 79.9. The molecule has 2 aromatic rings. The minimum Gasteiger partial charge on any atom is -0.462 e. The second-order valence-corrected chi connectivity index (χ2v) is 8.35. The van der Waals surface area contributed by atoms with Crippen LogP contribution in [0.3, 0.4) is 0 Å². The number of rotatable bonds is 3. The molecule has 1 aliphatic heterocycles. The molecule has 7 heteroatoms. The first-order valence-electron chi connectivity index (χ1n) is 8.92. The summed E-state index contributed by atoms with van der Waals surface area (Å²) in [6.45, 7) is 9.92. The largest absolute Gasteiger partial charge is 0.462 e. The Morgan fingerprint density at radius 2 is 1.96 bits per heavy atom. The summed E-state index contributed by atoms with van der Waals surface area (Å²) in [7, 11) is 0. The van der Waals surface area contributed by atoms with E-state index < -0.39 is 5.97 Å². The number of fused-ring (bicyclic) bond motifs is 1. The SMILES string of the molecule is CCOC(=O)c1cn(C(C)(C)C)c2nc(N3CCCC3)c(Br)cc2c1=O. The average molecular weight is 422 g/mol. The molecule has 6 nitrogen and oxygen atoms in total. The Morgan fingerprint density at radius 3 is 2.54 bits per heavy atom. The number of hydrogen-bond acceptors (Lipinski definition) is 5. The second kappa shape index (κ2) is 7.02. The normalized spacial score (nSPS) is 14.9. The Hall–Kier alpha value is -1.89. The van der Waals surface area contributed by atoms with Crippen LogP contribution in [0.2, 0.25) is 0 Å². The third-order valence-corrected chi connectivity index (χ3v) is 5.12. The van der Waals surface area contributed by atoms with E-state index in [1.54, 1.807) is 19.2 Å². The van der Waals surface area contributed by atoms with Crippen LogP contribution in [0, 0.1) is 0 Å². The highest BCUT2D eigenvalue weighted by molar-refractivity contribution is 9.10. The first-order chi connectivity index (χ1) is 12.2. The summed E-state index contributed by atoms with van der Waals surface area (Å²) < 4.78 is 7.73. The zero-order valence-electron chi connectivity index (χ0n) is 15.6. The molecule has 0 bridgehead atoms. The Balaban J connectivity index is 2.31. The van der Waals surface area contributed by atoms with Gasteiger partial charge in [-0.15, -0.1) is 0 Å². The molecule has 0 aliphatic carbocycles. The van der Waals surface area contributed by atoms with Gasteiger partial charge < -0.3 is 14.2 Å². The number of nitrogens with zero attached hydrogens (tertiary/aromatic N) is 3. The molecule has 2 aromatic heterocycles. The molecule has 0 unspecified atom stereocenters. The lowest BCUT2D eigenvalue weighted by atomic mass is 10.1. The molecule has 0 atom stereocenters. The topological polar surface area (TPSA) is 64.4 Å². The number of anilines is 1. The standard InChI is InChI=1S/C19H24BrN3O3/c1-5-26-18(25)13-11-23(19(2,3)4)16-12(15(13)24)10-14(20)17(21-16)22-8-6-7-9-22/h10-11H,5-9H2,1-4H3. The molecule has 3 heterocycles. The van der Waals surface area contributed by atoms with Crippen molar-refractivity contribution in [2.45, 2.75) is 46.1 Å². The van der Waals surface area contributed by atoms with Crippen LogP contribution < -0.4 is 10.3 Å². The Labute approximate surface area is 161 Å². The number of hydrogen-bond donors (Lipinski definition) is 0. The summed E-state index contributed by atoms with van der Waals surface area (Å²) in [6.07, 6.45) is 3.86. The van der Waals surface area contributed by atoms with Crippen molar-refractivity contribution in [2.75, 3.05) is 24.6 Å². The van der Waals surface area contributed by atoms with Gasteiger partial charge in [0.2, 0.25) is 5.43 Å². The van der Waals surface area contributed by atoms with Crippen molar-refractivity contribution in [3.63, 3.8) is 0 Å². The van der Waals surface area contributed by atoms with Crippen LogP contribution in [0.25, 0.3) is 11.0 Å². The van der Waals surface area contributed by atoms with E-state index in [0.29, 0.717) is 11.0 Å². The van der Waals surface area contributed by atoms with Crippen molar-refractivity contribution < 1.29 is 9.53 Å². The molecule has 1 aliphatic rings. The fourth-order valence-electron chi connectivity index (χ4n) is 3.23.